The first-order chi connectivity index (χ1) is 8.02. The highest BCUT2D eigenvalue weighted by atomic mass is 16.2. The third-order valence-corrected chi connectivity index (χ3v) is 1.45. The largest absolute Gasteiger partial charge is 0.368 e. The Morgan fingerprint density at radius 1 is 1.18 bits per heavy atom. The molecular weight excluding hydrogens is 216 g/mol. The fraction of sp³-hybridized carbons (Fsp3) is 0.385. The number of carbonyl (C=O) groups is 2. The lowest BCUT2D eigenvalue weighted by Crippen LogP contribution is -2.31. The van der Waals surface area contributed by atoms with Crippen LogP contribution in [-0.4, -0.2) is 18.4 Å². The van der Waals surface area contributed by atoms with Crippen molar-refractivity contribution in [2.24, 2.45) is 5.73 Å². The highest BCUT2D eigenvalue weighted by Gasteiger charge is 1.92. The van der Waals surface area contributed by atoms with Gasteiger partial charge in [-0.1, -0.05) is 49.7 Å². The Kier molecular flexibility index (Phi) is 12.6. The Morgan fingerprint density at radius 3 is 1.82 bits per heavy atom. The van der Waals surface area contributed by atoms with Crippen LogP contribution in [-0.2, 0) is 9.59 Å². The van der Waals surface area contributed by atoms with Crippen LogP contribution in [0, 0.1) is 6.92 Å². The van der Waals surface area contributed by atoms with E-state index in [0.717, 1.165) is 0 Å². The van der Waals surface area contributed by atoms with Crippen LogP contribution in [0.3, 0.4) is 0 Å². The van der Waals surface area contributed by atoms with Crippen LogP contribution in [0.1, 0.15) is 26.3 Å². The van der Waals surface area contributed by atoms with Gasteiger partial charge in [-0.05, 0) is 6.92 Å². The molecule has 4 heteroatoms. The molecule has 2 amide bonds. The van der Waals surface area contributed by atoms with Crippen molar-refractivity contribution in [1.82, 2.24) is 5.32 Å². The van der Waals surface area contributed by atoms with Gasteiger partial charge in [-0.2, -0.15) is 0 Å². The molecule has 0 bridgehead atoms. The number of aryl methyl sites for hydroxylation is 1. The van der Waals surface area contributed by atoms with Crippen molar-refractivity contribution in [3.8, 4) is 0 Å². The van der Waals surface area contributed by atoms with Crippen molar-refractivity contribution in [1.29, 1.82) is 0 Å². The monoisotopic (exact) mass is 238 g/mol. The van der Waals surface area contributed by atoms with E-state index in [1.807, 2.05) is 32.0 Å². The summed E-state index contributed by atoms with van der Waals surface area (Å²) in [7, 11) is 0. The standard InChI is InChI=1S/C7H8.C4H8N2O2.C2H6/c1-7-5-3-2-4-6-7;1-3(7)6-2-4(5)8;1-2/h2-6H,1H3;2H2,1H3,(H2,5,8)(H,6,7);1-2H3. The zero-order chi connectivity index (χ0) is 13.7. The number of hydrogen-bond donors (Lipinski definition) is 2. The number of primary amides is 1. The maximum Gasteiger partial charge on any atom is 0.236 e. The third-order valence-electron chi connectivity index (χ3n) is 1.45. The van der Waals surface area contributed by atoms with Crippen molar-refractivity contribution in [3.63, 3.8) is 0 Å². The number of amides is 2. The van der Waals surface area contributed by atoms with Gasteiger partial charge in [0.2, 0.25) is 11.8 Å². The van der Waals surface area contributed by atoms with Gasteiger partial charge >= 0.3 is 0 Å². The van der Waals surface area contributed by atoms with Crippen LogP contribution in [0.25, 0.3) is 0 Å². The summed E-state index contributed by atoms with van der Waals surface area (Å²) in [6.07, 6.45) is 0. The molecule has 0 saturated carbocycles. The number of hydrogen-bond acceptors (Lipinski definition) is 2. The Bertz CT molecular complexity index is 296. The first kappa shape index (κ1) is 17.6. The number of carbonyl (C=O) groups excluding carboxylic acids is 2. The minimum absolute atomic E-state index is 0.0741. The summed E-state index contributed by atoms with van der Waals surface area (Å²) in [6, 6.07) is 10.3. The Hall–Kier alpha value is -1.84. The van der Waals surface area contributed by atoms with E-state index in [2.05, 4.69) is 30.1 Å². The quantitative estimate of drug-likeness (QED) is 0.822. The number of nitrogens with one attached hydrogen (secondary N) is 1. The van der Waals surface area contributed by atoms with Crippen LogP contribution in [0.5, 0.6) is 0 Å². The number of nitrogens with two attached hydrogens (primary N) is 1. The molecule has 0 aliphatic rings. The lowest BCUT2D eigenvalue weighted by Gasteiger charge is -1.93. The second-order valence-electron chi connectivity index (χ2n) is 3.03. The Balaban J connectivity index is 0. The molecule has 0 unspecified atom stereocenters. The van der Waals surface area contributed by atoms with Crippen molar-refractivity contribution < 1.29 is 9.59 Å². The molecule has 0 heterocycles. The first-order valence-corrected chi connectivity index (χ1v) is 5.56. The van der Waals surface area contributed by atoms with Gasteiger partial charge in [-0.3, -0.25) is 9.59 Å². The number of benzene rings is 1. The topological polar surface area (TPSA) is 72.2 Å². The van der Waals surface area contributed by atoms with E-state index in [1.54, 1.807) is 0 Å². The maximum atomic E-state index is 10.0. The van der Waals surface area contributed by atoms with Crippen molar-refractivity contribution in [3.05, 3.63) is 35.9 Å². The predicted molar refractivity (Wildman–Crippen MR) is 70.4 cm³/mol. The molecular formula is C13H22N2O2. The fourth-order valence-electron chi connectivity index (χ4n) is 0.746. The van der Waals surface area contributed by atoms with Crippen LogP contribution >= 0.6 is 0 Å². The zero-order valence-electron chi connectivity index (χ0n) is 11.0. The Morgan fingerprint density at radius 2 is 1.65 bits per heavy atom. The zero-order valence-corrected chi connectivity index (χ0v) is 11.0. The van der Waals surface area contributed by atoms with E-state index in [9.17, 15) is 9.59 Å². The lowest BCUT2D eigenvalue weighted by molar-refractivity contribution is -0.123. The highest BCUT2D eigenvalue weighted by molar-refractivity contribution is 5.82. The molecule has 96 valence electrons. The summed E-state index contributed by atoms with van der Waals surface area (Å²) in [5, 5.41) is 2.23. The van der Waals surface area contributed by atoms with E-state index in [1.165, 1.54) is 12.5 Å². The van der Waals surface area contributed by atoms with Crippen molar-refractivity contribution in [2.45, 2.75) is 27.7 Å². The first-order valence-electron chi connectivity index (χ1n) is 5.56. The summed E-state index contributed by atoms with van der Waals surface area (Å²) < 4.78 is 0. The molecule has 1 aromatic carbocycles. The molecule has 0 saturated heterocycles. The van der Waals surface area contributed by atoms with E-state index in [4.69, 9.17) is 0 Å². The van der Waals surface area contributed by atoms with Crippen LogP contribution in [0.2, 0.25) is 0 Å². The molecule has 0 aromatic heterocycles. The van der Waals surface area contributed by atoms with E-state index < -0.39 is 5.91 Å². The fourth-order valence-corrected chi connectivity index (χ4v) is 0.746. The second-order valence-corrected chi connectivity index (χ2v) is 3.03. The molecule has 0 aliphatic carbocycles. The molecule has 1 rings (SSSR count). The van der Waals surface area contributed by atoms with Gasteiger partial charge < -0.3 is 11.1 Å². The van der Waals surface area contributed by atoms with Crippen LogP contribution in [0.15, 0.2) is 30.3 Å². The predicted octanol–water partition coefficient (Wildman–Crippen LogP) is 1.63. The van der Waals surface area contributed by atoms with Gasteiger partial charge in [0, 0.05) is 6.92 Å². The van der Waals surface area contributed by atoms with Gasteiger partial charge in [0.05, 0.1) is 6.54 Å². The molecule has 17 heavy (non-hydrogen) atoms. The molecule has 3 N–H and O–H groups in total. The minimum Gasteiger partial charge on any atom is -0.368 e. The highest BCUT2D eigenvalue weighted by Crippen LogP contribution is 1.92. The SMILES string of the molecule is CC.CC(=O)NCC(N)=O.Cc1ccccc1. The van der Waals surface area contributed by atoms with Crippen LogP contribution < -0.4 is 11.1 Å². The number of rotatable bonds is 2. The molecule has 4 nitrogen and oxygen atoms in total. The molecule has 0 spiro atoms. The van der Waals surface area contributed by atoms with Gasteiger partial charge in [0.15, 0.2) is 0 Å². The normalized spacial score (nSPS) is 7.76. The molecule has 0 atom stereocenters. The molecule has 0 radical (unpaired) electrons. The maximum absolute atomic E-state index is 10.0. The second kappa shape index (κ2) is 12.2. The lowest BCUT2D eigenvalue weighted by atomic mass is 10.2. The summed E-state index contributed by atoms with van der Waals surface area (Å²) in [4.78, 5) is 19.9. The third kappa shape index (κ3) is 16.8. The van der Waals surface area contributed by atoms with Gasteiger partial charge in [-0.25, -0.2) is 0 Å². The average Bonchev–Trinajstić information content (AvgIpc) is 2.31. The summed E-state index contributed by atoms with van der Waals surface area (Å²) in [5.74, 6) is -0.774. The molecule has 1 aromatic rings. The summed E-state index contributed by atoms with van der Waals surface area (Å²) in [6.45, 7) is 7.33. The average molecular weight is 238 g/mol. The van der Waals surface area contributed by atoms with E-state index in [0.29, 0.717) is 0 Å². The van der Waals surface area contributed by atoms with Crippen molar-refractivity contribution in [2.75, 3.05) is 6.54 Å². The molecule has 0 fully saturated rings. The molecule has 0 aliphatic heterocycles. The van der Waals surface area contributed by atoms with Crippen molar-refractivity contribution >= 4 is 11.8 Å². The van der Waals surface area contributed by atoms with E-state index in [-0.39, 0.29) is 12.5 Å². The van der Waals surface area contributed by atoms with E-state index >= 15 is 0 Å². The van der Waals surface area contributed by atoms with Gasteiger partial charge in [-0.15, -0.1) is 0 Å². The smallest absolute Gasteiger partial charge is 0.236 e. The van der Waals surface area contributed by atoms with Gasteiger partial charge in [0.1, 0.15) is 0 Å². The Labute approximate surface area is 103 Å². The summed E-state index contributed by atoms with van der Waals surface area (Å²) >= 11 is 0. The minimum atomic E-state index is -0.528. The van der Waals surface area contributed by atoms with Crippen LogP contribution in [0.4, 0.5) is 0 Å². The van der Waals surface area contributed by atoms with Gasteiger partial charge in [0.25, 0.3) is 0 Å². The summed E-state index contributed by atoms with van der Waals surface area (Å²) in [5.41, 5.74) is 6.01.